The lowest BCUT2D eigenvalue weighted by Gasteiger charge is -2.12. The number of hydrogen-bond donors (Lipinski definition) is 0. The van der Waals surface area contributed by atoms with E-state index in [0.29, 0.717) is 23.4 Å². The molecule has 0 aliphatic heterocycles. The largest absolute Gasteiger partial charge is 0.497 e. The van der Waals surface area contributed by atoms with Crippen molar-refractivity contribution in [1.82, 2.24) is 19.3 Å². The highest BCUT2D eigenvalue weighted by Gasteiger charge is 2.15. The molecule has 3 aromatic rings. The van der Waals surface area contributed by atoms with Crippen molar-refractivity contribution in [2.75, 3.05) is 7.11 Å². The first-order valence-corrected chi connectivity index (χ1v) is 7.22. The molecular weight excluding hydrogens is 280 g/mol. The van der Waals surface area contributed by atoms with Gasteiger partial charge in [-0.1, -0.05) is 6.92 Å². The first-order valence-electron chi connectivity index (χ1n) is 7.22. The quantitative estimate of drug-likeness (QED) is 0.741. The van der Waals surface area contributed by atoms with Crippen LogP contribution in [0.2, 0.25) is 0 Å². The molecular formula is C16H18N4O2. The number of aromatic nitrogens is 4. The molecule has 0 atom stereocenters. The topological polar surface area (TPSA) is 61.9 Å². The Morgan fingerprint density at radius 2 is 1.95 bits per heavy atom. The van der Waals surface area contributed by atoms with E-state index in [1.54, 1.807) is 29.6 Å². The van der Waals surface area contributed by atoms with Gasteiger partial charge in [0.15, 0.2) is 5.52 Å². The molecule has 0 unspecified atom stereocenters. The molecule has 0 spiro atoms. The van der Waals surface area contributed by atoms with Crippen molar-refractivity contribution < 1.29 is 4.74 Å². The summed E-state index contributed by atoms with van der Waals surface area (Å²) >= 11 is 0. The van der Waals surface area contributed by atoms with Gasteiger partial charge in [-0.15, -0.1) is 0 Å². The van der Waals surface area contributed by atoms with Gasteiger partial charge in [0.2, 0.25) is 0 Å². The number of methoxy groups -OCH3 is 1. The Morgan fingerprint density at radius 1 is 1.23 bits per heavy atom. The van der Waals surface area contributed by atoms with Gasteiger partial charge in [-0.05, 0) is 30.7 Å². The van der Waals surface area contributed by atoms with Gasteiger partial charge in [-0.2, -0.15) is 5.10 Å². The molecule has 22 heavy (non-hydrogen) atoms. The molecule has 0 aliphatic carbocycles. The van der Waals surface area contributed by atoms with Crippen LogP contribution < -0.4 is 10.3 Å². The predicted molar refractivity (Wildman–Crippen MR) is 85.0 cm³/mol. The summed E-state index contributed by atoms with van der Waals surface area (Å²) in [6.45, 7) is 2.66. The summed E-state index contributed by atoms with van der Waals surface area (Å²) in [5, 5.41) is 4.14. The zero-order valence-corrected chi connectivity index (χ0v) is 12.9. The van der Waals surface area contributed by atoms with Crippen LogP contribution in [-0.2, 0) is 13.6 Å². The Morgan fingerprint density at radius 3 is 2.59 bits per heavy atom. The van der Waals surface area contributed by atoms with E-state index >= 15 is 0 Å². The second-order valence-corrected chi connectivity index (χ2v) is 5.12. The number of rotatable bonds is 4. The molecule has 6 nitrogen and oxygen atoms in total. The van der Waals surface area contributed by atoms with Crippen LogP contribution in [0.5, 0.6) is 5.75 Å². The molecule has 2 heterocycles. The van der Waals surface area contributed by atoms with Crippen molar-refractivity contribution >= 4 is 11.0 Å². The minimum atomic E-state index is -0.0577. The molecule has 0 bridgehead atoms. The van der Waals surface area contributed by atoms with E-state index in [1.165, 1.54) is 0 Å². The van der Waals surface area contributed by atoms with E-state index in [0.717, 1.165) is 17.7 Å². The third-order valence-corrected chi connectivity index (χ3v) is 3.64. The Kier molecular flexibility index (Phi) is 3.66. The average molecular weight is 298 g/mol. The second kappa shape index (κ2) is 5.63. The molecule has 0 fully saturated rings. The third-order valence-electron chi connectivity index (χ3n) is 3.64. The van der Waals surface area contributed by atoms with Crippen molar-refractivity contribution in [2.45, 2.75) is 19.9 Å². The monoisotopic (exact) mass is 298 g/mol. The SMILES string of the molecule is CCCn1c(-c2ccc(OC)cc2)nc2cnn(C)c2c1=O. The van der Waals surface area contributed by atoms with E-state index in [9.17, 15) is 4.79 Å². The third kappa shape index (κ3) is 2.26. The number of ether oxygens (including phenoxy) is 1. The van der Waals surface area contributed by atoms with Crippen molar-refractivity contribution in [3.63, 3.8) is 0 Å². The van der Waals surface area contributed by atoms with Crippen molar-refractivity contribution in [1.29, 1.82) is 0 Å². The minimum Gasteiger partial charge on any atom is -0.497 e. The lowest BCUT2D eigenvalue weighted by Crippen LogP contribution is -2.24. The number of aryl methyl sites for hydroxylation is 1. The van der Waals surface area contributed by atoms with Gasteiger partial charge in [-0.3, -0.25) is 14.0 Å². The maximum atomic E-state index is 12.8. The van der Waals surface area contributed by atoms with Crippen LogP contribution >= 0.6 is 0 Å². The number of hydrogen-bond acceptors (Lipinski definition) is 4. The number of benzene rings is 1. The Hall–Kier alpha value is -2.63. The Labute approximate surface area is 128 Å². The fourth-order valence-electron chi connectivity index (χ4n) is 2.55. The highest BCUT2D eigenvalue weighted by Crippen LogP contribution is 2.21. The molecule has 114 valence electrons. The van der Waals surface area contributed by atoms with Gasteiger partial charge in [0, 0.05) is 19.2 Å². The fraction of sp³-hybridized carbons (Fsp3) is 0.312. The van der Waals surface area contributed by atoms with E-state index in [4.69, 9.17) is 4.74 Å². The van der Waals surface area contributed by atoms with Crippen LogP contribution in [0.15, 0.2) is 35.3 Å². The molecule has 2 aromatic heterocycles. The summed E-state index contributed by atoms with van der Waals surface area (Å²) in [6, 6.07) is 7.56. The summed E-state index contributed by atoms with van der Waals surface area (Å²) in [7, 11) is 3.39. The average Bonchev–Trinajstić information content (AvgIpc) is 2.91. The standard InChI is InChI=1S/C16H18N4O2/c1-4-9-20-15(11-5-7-12(22-3)8-6-11)18-13-10-17-19(2)14(13)16(20)21/h5-8,10H,4,9H2,1-3H3. The van der Waals surface area contributed by atoms with E-state index in [2.05, 4.69) is 10.1 Å². The molecule has 0 aliphatic rings. The van der Waals surface area contributed by atoms with Gasteiger partial charge in [-0.25, -0.2) is 4.98 Å². The Balaban J connectivity index is 2.26. The van der Waals surface area contributed by atoms with Gasteiger partial charge in [0.25, 0.3) is 5.56 Å². The van der Waals surface area contributed by atoms with E-state index < -0.39 is 0 Å². The van der Waals surface area contributed by atoms with Gasteiger partial charge < -0.3 is 4.74 Å². The van der Waals surface area contributed by atoms with Crippen molar-refractivity contribution in [3.05, 3.63) is 40.8 Å². The zero-order valence-electron chi connectivity index (χ0n) is 12.9. The molecule has 0 radical (unpaired) electrons. The van der Waals surface area contributed by atoms with Gasteiger partial charge in [0.05, 0.1) is 13.3 Å². The van der Waals surface area contributed by atoms with Crippen LogP contribution in [-0.4, -0.2) is 26.4 Å². The van der Waals surface area contributed by atoms with E-state index in [1.807, 2.05) is 31.2 Å². The summed E-state index contributed by atoms with van der Waals surface area (Å²) in [5.41, 5.74) is 1.98. The molecule has 0 N–H and O–H groups in total. The van der Waals surface area contributed by atoms with E-state index in [-0.39, 0.29) is 5.56 Å². The lowest BCUT2D eigenvalue weighted by molar-refractivity contribution is 0.415. The second-order valence-electron chi connectivity index (χ2n) is 5.12. The summed E-state index contributed by atoms with van der Waals surface area (Å²) in [4.78, 5) is 17.4. The summed E-state index contributed by atoms with van der Waals surface area (Å²) in [6.07, 6.45) is 2.48. The molecule has 6 heteroatoms. The van der Waals surface area contributed by atoms with Crippen LogP contribution in [0, 0.1) is 0 Å². The highest BCUT2D eigenvalue weighted by molar-refractivity contribution is 5.76. The molecule has 0 amide bonds. The summed E-state index contributed by atoms with van der Waals surface area (Å²) < 4.78 is 8.47. The Bertz CT molecular complexity index is 862. The normalized spacial score (nSPS) is 11.0. The van der Waals surface area contributed by atoms with Crippen LogP contribution in [0.25, 0.3) is 22.4 Å². The predicted octanol–water partition coefficient (Wildman–Crippen LogP) is 2.22. The smallest absolute Gasteiger partial charge is 0.279 e. The van der Waals surface area contributed by atoms with Crippen molar-refractivity contribution in [3.8, 4) is 17.1 Å². The van der Waals surface area contributed by atoms with Gasteiger partial charge >= 0.3 is 0 Å². The number of fused-ring (bicyclic) bond motifs is 1. The zero-order chi connectivity index (χ0) is 15.7. The molecule has 3 rings (SSSR count). The highest BCUT2D eigenvalue weighted by atomic mass is 16.5. The molecule has 0 saturated carbocycles. The number of nitrogens with zero attached hydrogens (tertiary/aromatic N) is 4. The first kappa shape index (κ1) is 14.3. The maximum absolute atomic E-state index is 12.8. The molecule has 1 aromatic carbocycles. The van der Waals surface area contributed by atoms with Gasteiger partial charge in [0.1, 0.15) is 17.1 Å². The molecule has 0 saturated heterocycles. The fourth-order valence-corrected chi connectivity index (χ4v) is 2.55. The minimum absolute atomic E-state index is 0.0577. The lowest BCUT2D eigenvalue weighted by atomic mass is 10.2. The van der Waals surface area contributed by atoms with Crippen LogP contribution in [0.4, 0.5) is 0 Å². The first-order chi connectivity index (χ1) is 10.7. The maximum Gasteiger partial charge on any atom is 0.279 e. The van der Waals surface area contributed by atoms with Crippen LogP contribution in [0.1, 0.15) is 13.3 Å². The summed E-state index contributed by atoms with van der Waals surface area (Å²) in [5.74, 6) is 1.44. The van der Waals surface area contributed by atoms with Crippen molar-refractivity contribution in [2.24, 2.45) is 7.05 Å². The van der Waals surface area contributed by atoms with Crippen LogP contribution in [0.3, 0.4) is 0 Å².